The number of benzene rings is 5. The Labute approximate surface area is 304 Å². The molecule has 1 heterocycles. The van der Waals surface area contributed by atoms with Gasteiger partial charge in [-0.05, 0) is 104 Å². The molecule has 6 heteroatoms. The molecular weight excluding hydrogens is 643 g/mol. The Hall–Kier alpha value is -5.98. The number of nitrogens with one attached hydrogen (secondary N) is 1. The number of carbonyl (C=O) groups excluding carboxylic acids is 1. The van der Waals surface area contributed by atoms with Gasteiger partial charge in [-0.3, -0.25) is 9.59 Å². The summed E-state index contributed by atoms with van der Waals surface area (Å²) >= 11 is 0. The highest BCUT2D eigenvalue weighted by Crippen LogP contribution is 2.30. The van der Waals surface area contributed by atoms with Gasteiger partial charge < -0.3 is 21.1 Å². The Balaban J connectivity index is 0.000000164. The smallest absolute Gasteiger partial charge is 0.305 e. The van der Waals surface area contributed by atoms with Crippen LogP contribution >= 0.6 is 0 Å². The van der Waals surface area contributed by atoms with Gasteiger partial charge >= 0.3 is 5.97 Å². The number of amides is 1. The van der Waals surface area contributed by atoms with Gasteiger partial charge in [0.25, 0.3) is 0 Å². The molecule has 0 saturated carbocycles. The summed E-state index contributed by atoms with van der Waals surface area (Å²) < 4.78 is 0. The zero-order valence-corrected chi connectivity index (χ0v) is 29.2. The molecule has 1 aliphatic heterocycles. The van der Waals surface area contributed by atoms with Crippen molar-refractivity contribution in [2.24, 2.45) is 5.73 Å². The fourth-order valence-electron chi connectivity index (χ4n) is 7.40. The zero-order valence-electron chi connectivity index (χ0n) is 29.2. The molecule has 0 spiro atoms. The SMILES string of the molecule is C=Cc1ccccc1N1Cc2ccccc2NC(CC(=O)O)C1=O.NCc1ccc(/C=C/c2ccc3c(c2)=CCc2c4c(ccc2=3)=CCCC4)cc1. The Bertz CT molecular complexity index is 2410. The van der Waals surface area contributed by atoms with E-state index < -0.39 is 12.0 Å². The van der Waals surface area contributed by atoms with Gasteiger partial charge in [0, 0.05) is 12.2 Å². The quantitative estimate of drug-likeness (QED) is 0.158. The molecule has 0 fully saturated rings. The second kappa shape index (κ2) is 15.5. The molecule has 6 nitrogen and oxygen atoms in total. The molecule has 0 saturated heterocycles. The Morgan fingerprint density at radius 2 is 1.62 bits per heavy atom. The zero-order chi connectivity index (χ0) is 36.0. The van der Waals surface area contributed by atoms with E-state index >= 15 is 0 Å². The second-order valence-corrected chi connectivity index (χ2v) is 13.4. The molecule has 1 amide bonds. The lowest BCUT2D eigenvalue weighted by atomic mass is 9.88. The van der Waals surface area contributed by atoms with Crippen molar-refractivity contribution in [3.05, 3.63) is 170 Å². The van der Waals surface area contributed by atoms with Crippen molar-refractivity contribution in [2.45, 2.75) is 51.2 Å². The molecule has 5 aromatic rings. The largest absolute Gasteiger partial charge is 0.481 e. The van der Waals surface area contributed by atoms with Gasteiger partial charge in [0.05, 0.1) is 18.7 Å². The van der Waals surface area contributed by atoms with Crippen LogP contribution in [0, 0.1) is 10.4 Å². The lowest BCUT2D eigenvalue weighted by molar-refractivity contribution is -0.138. The third-order valence-corrected chi connectivity index (χ3v) is 10.1. The number of para-hydroxylation sites is 2. The summed E-state index contributed by atoms with van der Waals surface area (Å²) in [5, 5.41) is 17.9. The lowest BCUT2D eigenvalue weighted by Gasteiger charge is -2.25. The van der Waals surface area contributed by atoms with Crippen LogP contribution in [0.5, 0.6) is 0 Å². The number of carbonyl (C=O) groups is 2. The summed E-state index contributed by atoms with van der Waals surface area (Å²) in [6, 6.07) is 34.1. The predicted octanol–water partition coefficient (Wildman–Crippen LogP) is 7.19. The summed E-state index contributed by atoms with van der Waals surface area (Å²) in [6.45, 7) is 4.77. The van der Waals surface area contributed by atoms with Crippen molar-refractivity contribution >= 4 is 53.6 Å². The molecule has 260 valence electrons. The summed E-state index contributed by atoms with van der Waals surface area (Å²) in [4.78, 5) is 25.8. The topological polar surface area (TPSA) is 95.7 Å². The molecule has 1 unspecified atom stereocenters. The Morgan fingerprint density at radius 3 is 2.42 bits per heavy atom. The van der Waals surface area contributed by atoms with Crippen molar-refractivity contribution in [2.75, 3.05) is 10.2 Å². The molecule has 5 aromatic carbocycles. The predicted molar refractivity (Wildman–Crippen MR) is 212 cm³/mol. The molecule has 4 N–H and O–H groups in total. The fraction of sp³-hybridized carbons (Fsp3) is 0.174. The first-order chi connectivity index (χ1) is 25.4. The van der Waals surface area contributed by atoms with Crippen LogP contribution in [-0.2, 0) is 35.5 Å². The highest BCUT2D eigenvalue weighted by Gasteiger charge is 2.32. The van der Waals surface area contributed by atoms with E-state index in [1.54, 1.807) is 22.1 Å². The van der Waals surface area contributed by atoms with Crippen LogP contribution in [0.3, 0.4) is 0 Å². The normalized spacial score (nSPS) is 15.6. The van der Waals surface area contributed by atoms with E-state index in [1.807, 2.05) is 48.5 Å². The number of fused-ring (bicyclic) bond motifs is 5. The number of rotatable bonds is 7. The Kier molecular flexibility index (Phi) is 10.3. The molecule has 8 rings (SSSR count). The van der Waals surface area contributed by atoms with Crippen LogP contribution in [0.4, 0.5) is 11.4 Å². The van der Waals surface area contributed by atoms with Gasteiger partial charge in [-0.15, -0.1) is 0 Å². The second-order valence-electron chi connectivity index (χ2n) is 13.4. The molecule has 52 heavy (non-hydrogen) atoms. The van der Waals surface area contributed by atoms with Gasteiger partial charge in [-0.25, -0.2) is 0 Å². The maximum absolute atomic E-state index is 13.0. The number of hydrogen-bond acceptors (Lipinski definition) is 4. The third kappa shape index (κ3) is 7.39. The van der Waals surface area contributed by atoms with Gasteiger partial charge in [0.2, 0.25) is 5.91 Å². The highest BCUT2D eigenvalue weighted by atomic mass is 16.4. The van der Waals surface area contributed by atoms with E-state index in [-0.39, 0.29) is 12.3 Å². The molecular formula is C46H43N3O3. The van der Waals surface area contributed by atoms with Crippen LogP contribution in [0.25, 0.3) is 30.4 Å². The molecule has 3 aliphatic rings. The Morgan fingerprint density at radius 1 is 0.865 bits per heavy atom. The average molecular weight is 686 g/mol. The van der Waals surface area contributed by atoms with E-state index in [4.69, 9.17) is 10.8 Å². The number of carboxylic acids is 1. The first-order valence-corrected chi connectivity index (χ1v) is 17.9. The minimum Gasteiger partial charge on any atom is -0.481 e. The van der Waals surface area contributed by atoms with Gasteiger partial charge in [-0.1, -0.05) is 122 Å². The van der Waals surface area contributed by atoms with E-state index in [0.29, 0.717) is 13.1 Å². The number of hydrogen-bond donors (Lipinski definition) is 3. The molecule has 2 aliphatic carbocycles. The van der Waals surface area contributed by atoms with E-state index in [9.17, 15) is 9.59 Å². The van der Waals surface area contributed by atoms with Crippen molar-refractivity contribution in [3.8, 4) is 0 Å². The van der Waals surface area contributed by atoms with E-state index in [0.717, 1.165) is 28.9 Å². The van der Waals surface area contributed by atoms with Crippen molar-refractivity contribution in [1.82, 2.24) is 0 Å². The number of anilines is 2. The van der Waals surface area contributed by atoms with Gasteiger partial charge in [0.15, 0.2) is 0 Å². The summed E-state index contributed by atoms with van der Waals surface area (Å²) in [5.41, 5.74) is 15.7. The van der Waals surface area contributed by atoms with Crippen molar-refractivity contribution in [3.63, 3.8) is 0 Å². The van der Waals surface area contributed by atoms with Crippen LogP contribution in [0.2, 0.25) is 0 Å². The minimum absolute atomic E-state index is 0.261. The summed E-state index contributed by atoms with van der Waals surface area (Å²) in [6.07, 6.45) is 15.4. The summed E-state index contributed by atoms with van der Waals surface area (Å²) in [7, 11) is 0. The van der Waals surface area contributed by atoms with Crippen molar-refractivity contribution in [1.29, 1.82) is 0 Å². The number of aliphatic carboxylic acids is 1. The summed E-state index contributed by atoms with van der Waals surface area (Å²) in [5.74, 6) is -1.28. The van der Waals surface area contributed by atoms with Gasteiger partial charge in [0.1, 0.15) is 6.04 Å². The van der Waals surface area contributed by atoms with Crippen LogP contribution in [0.15, 0.2) is 110 Å². The van der Waals surface area contributed by atoms with Crippen LogP contribution in [0.1, 0.15) is 58.2 Å². The highest BCUT2D eigenvalue weighted by molar-refractivity contribution is 6.02. The maximum Gasteiger partial charge on any atom is 0.305 e. The minimum atomic E-state index is -1.02. The average Bonchev–Trinajstić information content (AvgIpc) is 3.32. The number of nitrogens with two attached hydrogens (primary N) is 1. The van der Waals surface area contributed by atoms with Gasteiger partial charge in [-0.2, -0.15) is 0 Å². The third-order valence-electron chi connectivity index (χ3n) is 10.1. The van der Waals surface area contributed by atoms with E-state index in [1.165, 1.54) is 56.8 Å². The number of nitrogens with zero attached hydrogens (tertiary/aromatic N) is 1. The molecule has 0 radical (unpaired) electrons. The first kappa shape index (κ1) is 34.5. The maximum atomic E-state index is 13.0. The van der Waals surface area contributed by atoms with Crippen LogP contribution in [-0.4, -0.2) is 23.0 Å². The van der Waals surface area contributed by atoms with Crippen molar-refractivity contribution < 1.29 is 14.7 Å². The van der Waals surface area contributed by atoms with E-state index in [2.05, 4.69) is 90.8 Å². The lowest BCUT2D eigenvalue weighted by Crippen LogP contribution is -2.42. The standard InChI is InChI=1S/C27H25N.C19H18N2O3/c28-18-21-9-6-19(7-10-21)5-8-20-11-14-25-23(17-20)13-16-26-24-4-2-1-3-22(24)12-15-27(25)26;1-2-13-7-4-6-10-17(13)21-12-14-8-3-5-9-15(14)20-16(19(21)24)11-18(22)23/h3,5-15,17H,1-2,4,16,18,28H2;2-10,16,20H,1,11-12H2,(H,22,23)/b8-5+;. The first-order valence-electron chi connectivity index (χ1n) is 17.9. The van der Waals surface area contributed by atoms with Crippen LogP contribution < -0.4 is 26.4 Å². The molecule has 0 bridgehead atoms. The fourth-order valence-corrected chi connectivity index (χ4v) is 7.40. The monoisotopic (exact) mass is 685 g/mol. The number of carboxylic acid groups (broad SMARTS) is 1. The molecule has 1 atom stereocenters. The molecule has 0 aromatic heterocycles.